The normalized spacial score (nSPS) is 13.5. The van der Waals surface area contributed by atoms with Gasteiger partial charge in [0.25, 0.3) is 0 Å². The lowest BCUT2D eigenvalue weighted by Crippen LogP contribution is -1.95. The van der Waals surface area contributed by atoms with Crippen LogP contribution >= 0.6 is 11.8 Å². The molecule has 0 fully saturated rings. The lowest BCUT2D eigenvalue weighted by atomic mass is 10.2. The minimum atomic E-state index is -0.907. The van der Waals surface area contributed by atoms with Gasteiger partial charge in [-0.25, -0.2) is 0 Å². The minimum absolute atomic E-state index is 0.647. The molecule has 1 rings (SSSR count). The highest BCUT2D eigenvalue weighted by molar-refractivity contribution is 8.16. The molecule has 0 saturated carbocycles. The molecule has 1 atom stereocenters. The first kappa shape index (κ1) is 14.3. The fourth-order valence-corrected chi connectivity index (χ4v) is 3.64. The Balaban J connectivity index is 3.07. The summed E-state index contributed by atoms with van der Waals surface area (Å²) in [5.41, 5.74) is 0.979. The lowest BCUT2D eigenvalue weighted by Gasteiger charge is -2.07. The highest BCUT2D eigenvalue weighted by Crippen LogP contribution is 2.27. The number of methoxy groups -OCH3 is 1. The molecule has 0 bridgehead atoms. The van der Waals surface area contributed by atoms with Crippen molar-refractivity contribution in [2.24, 2.45) is 0 Å². The molecule has 94 valence electrons. The zero-order chi connectivity index (χ0) is 12.7. The van der Waals surface area contributed by atoms with Gasteiger partial charge in [-0.15, -0.1) is 11.8 Å². The summed E-state index contributed by atoms with van der Waals surface area (Å²) in [5.74, 6) is 2.38. The molecule has 0 amide bonds. The Morgan fingerprint density at radius 3 is 2.71 bits per heavy atom. The van der Waals surface area contributed by atoms with Gasteiger partial charge in [0.2, 0.25) is 0 Å². The average Bonchev–Trinajstić information content (AvgIpc) is 2.38. The molecule has 0 heterocycles. The Hall–Kier alpha value is -0.740. The Bertz CT molecular complexity index is 414. The second kappa shape index (κ2) is 7.56. The quantitative estimate of drug-likeness (QED) is 0.791. The van der Waals surface area contributed by atoms with E-state index in [4.69, 9.17) is 4.74 Å². The molecule has 0 radical (unpaired) electrons. The van der Waals surface area contributed by atoms with Crippen LogP contribution in [0.3, 0.4) is 0 Å². The Morgan fingerprint density at radius 2 is 2.12 bits per heavy atom. The van der Waals surface area contributed by atoms with E-state index >= 15 is 0 Å². The van der Waals surface area contributed by atoms with Crippen molar-refractivity contribution in [3.05, 3.63) is 34.1 Å². The van der Waals surface area contributed by atoms with Crippen molar-refractivity contribution in [1.29, 1.82) is 0 Å². The lowest BCUT2D eigenvalue weighted by molar-refractivity contribution is 0.414. The SMILES string of the molecule is CCS/C(=C\c1ccccc1OC)S(=O)CC. The van der Waals surface area contributed by atoms with Crippen molar-refractivity contribution < 1.29 is 8.95 Å². The van der Waals surface area contributed by atoms with Gasteiger partial charge in [0.15, 0.2) is 0 Å². The second-order valence-corrected chi connectivity index (χ2v) is 6.55. The summed E-state index contributed by atoms with van der Waals surface area (Å²) in [4.78, 5) is 0. The molecule has 2 nitrogen and oxygen atoms in total. The van der Waals surface area contributed by atoms with E-state index in [1.54, 1.807) is 18.9 Å². The van der Waals surface area contributed by atoms with Gasteiger partial charge in [-0.05, 0) is 17.9 Å². The summed E-state index contributed by atoms with van der Waals surface area (Å²) in [6, 6.07) is 7.77. The Kier molecular flexibility index (Phi) is 6.37. The third-order valence-corrected chi connectivity index (χ3v) is 4.88. The monoisotopic (exact) mass is 270 g/mol. The standard InChI is InChI=1S/C13H18O2S2/c1-4-16-13(17(14)5-2)10-11-8-6-7-9-12(11)15-3/h6-10H,4-5H2,1-3H3/b13-10+. The van der Waals surface area contributed by atoms with Crippen molar-refractivity contribution in [3.63, 3.8) is 0 Å². The molecule has 0 aliphatic carbocycles. The smallest absolute Gasteiger partial charge is 0.126 e. The zero-order valence-electron chi connectivity index (χ0n) is 10.4. The van der Waals surface area contributed by atoms with Crippen molar-refractivity contribution >= 4 is 28.6 Å². The first-order valence-corrected chi connectivity index (χ1v) is 7.89. The number of hydrogen-bond acceptors (Lipinski definition) is 3. The molecule has 0 N–H and O–H groups in total. The Labute approximate surface area is 110 Å². The van der Waals surface area contributed by atoms with E-state index < -0.39 is 10.8 Å². The van der Waals surface area contributed by atoms with Gasteiger partial charge < -0.3 is 4.74 Å². The number of rotatable bonds is 6. The number of benzene rings is 1. The van der Waals surface area contributed by atoms with Gasteiger partial charge >= 0.3 is 0 Å². The molecule has 1 aromatic carbocycles. The van der Waals surface area contributed by atoms with Crippen LogP contribution in [0.4, 0.5) is 0 Å². The van der Waals surface area contributed by atoms with E-state index in [1.165, 1.54) is 0 Å². The third kappa shape index (κ3) is 4.21. The average molecular weight is 270 g/mol. The summed E-state index contributed by atoms with van der Waals surface area (Å²) >= 11 is 1.63. The summed E-state index contributed by atoms with van der Waals surface area (Å²) in [7, 11) is 0.742. The van der Waals surface area contributed by atoms with Crippen molar-refractivity contribution in [3.8, 4) is 5.75 Å². The highest BCUT2D eigenvalue weighted by Gasteiger charge is 2.07. The fraction of sp³-hybridized carbons (Fsp3) is 0.385. The number of para-hydroxylation sites is 1. The minimum Gasteiger partial charge on any atom is -0.496 e. The van der Waals surface area contributed by atoms with Crippen LogP contribution in [0.2, 0.25) is 0 Å². The molecular formula is C13H18O2S2. The molecule has 0 aliphatic heterocycles. The van der Waals surface area contributed by atoms with E-state index in [9.17, 15) is 4.21 Å². The summed E-state index contributed by atoms with van der Waals surface area (Å²) in [6.07, 6.45) is 1.96. The molecule has 0 spiro atoms. The van der Waals surface area contributed by atoms with Crippen LogP contribution in [0.15, 0.2) is 28.5 Å². The van der Waals surface area contributed by atoms with Gasteiger partial charge in [-0.3, -0.25) is 4.21 Å². The van der Waals surface area contributed by atoms with E-state index in [0.29, 0.717) is 5.75 Å². The first-order chi connectivity index (χ1) is 8.22. The van der Waals surface area contributed by atoms with Crippen LogP contribution in [0.5, 0.6) is 5.75 Å². The van der Waals surface area contributed by atoms with Crippen molar-refractivity contribution in [1.82, 2.24) is 0 Å². The van der Waals surface area contributed by atoms with Crippen molar-refractivity contribution in [2.75, 3.05) is 18.6 Å². The molecule has 17 heavy (non-hydrogen) atoms. The molecule has 0 aliphatic rings. The predicted octanol–water partition coefficient (Wildman–Crippen LogP) is 3.52. The Morgan fingerprint density at radius 1 is 1.41 bits per heavy atom. The highest BCUT2D eigenvalue weighted by atomic mass is 32.2. The zero-order valence-corrected chi connectivity index (χ0v) is 12.1. The first-order valence-electron chi connectivity index (χ1n) is 5.58. The fourth-order valence-electron chi connectivity index (χ4n) is 1.37. The van der Waals surface area contributed by atoms with Crippen LogP contribution < -0.4 is 4.74 Å². The summed E-state index contributed by atoms with van der Waals surface area (Å²) in [6.45, 7) is 4.00. The van der Waals surface area contributed by atoms with Crippen LogP contribution in [0, 0.1) is 0 Å². The third-order valence-electron chi connectivity index (χ3n) is 2.19. The number of hydrogen-bond donors (Lipinski definition) is 0. The van der Waals surface area contributed by atoms with Gasteiger partial charge in [0.05, 0.1) is 22.1 Å². The maximum Gasteiger partial charge on any atom is 0.126 e. The molecule has 0 saturated heterocycles. The van der Waals surface area contributed by atoms with E-state index in [1.807, 2.05) is 37.3 Å². The van der Waals surface area contributed by atoms with E-state index in [0.717, 1.165) is 21.3 Å². The van der Waals surface area contributed by atoms with Crippen LogP contribution in [-0.4, -0.2) is 22.8 Å². The van der Waals surface area contributed by atoms with Crippen molar-refractivity contribution in [2.45, 2.75) is 13.8 Å². The molecule has 1 unspecified atom stereocenters. The second-order valence-electron chi connectivity index (χ2n) is 3.27. The number of ether oxygens (including phenoxy) is 1. The number of thioether (sulfide) groups is 1. The predicted molar refractivity (Wildman–Crippen MR) is 77.8 cm³/mol. The molecule has 4 heteroatoms. The van der Waals surface area contributed by atoms with Crippen LogP contribution in [0.25, 0.3) is 6.08 Å². The largest absolute Gasteiger partial charge is 0.496 e. The summed E-state index contributed by atoms with van der Waals surface area (Å²) in [5, 5.41) is 0. The van der Waals surface area contributed by atoms with E-state index in [2.05, 4.69) is 6.92 Å². The van der Waals surface area contributed by atoms with Gasteiger partial charge in [-0.1, -0.05) is 32.0 Å². The molecule has 1 aromatic rings. The van der Waals surface area contributed by atoms with Gasteiger partial charge in [-0.2, -0.15) is 0 Å². The van der Waals surface area contributed by atoms with E-state index in [-0.39, 0.29) is 0 Å². The van der Waals surface area contributed by atoms with Crippen LogP contribution in [-0.2, 0) is 10.8 Å². The van der Waals surface area contributed by atoms with Gasteiger partial charge in [0.1, 0.15) is 5.75 Å². The molecular weight excluding hydrogens is 252 g/mol. The summed E-state index contributed by atoms with van der Waals surface area (Å²) < 4.78 is 18.1. The van der Waals surface area contributed by atoms with Gasteiger partial charge in [0, 0.05) is 11.3 Å². The maximum absolute atomic E-state index is 11.9. The maximum atomic E-state index is 11.9. The topological polar surface area (TPSA) is 26.3 Å². The molecule has 0 aromatic heterocycles. The van der Waals surface area contributed by atoms with Crippen LogP contribution in [0.1, 0.15) is 19.4 Å².